The molecule has 0 aliphatic carbocycles. The van der Waals surface area contributed by atoms with Gasteiger partial charge in [-0.1, -0.05) is 5.16 Å². The number of nitrogens with zero attached hydrogens (tertiary/aromatic N) is 1. The second-order valence-electron chi connectivity index (χ2n) is 3.82. The molecule has 0 fully saturated rings. The molecule has 0 bridgehead atoms. The molecule has 0 aliphatic rings. The van der Waals surface area contributed by atoms with Gasteiger partial charge in [-0.25, -0.2) is 0 Å². The van der Waals surface area contributed by atoms with Crippen molar-refractivity contribution in [2.24, 2.45) is 0 Å². The predicted octanol–water partition coefficient (Wildman–Crippen LogP) is 1.99. The lowest BCUT2D eigenvalue weighted by atomic mass is 10.1. The molecule has 1 heterocycles. The molecule has 0 unspecified atom stereocenters. The van der Waals surface area contributed by atoms with Gasteiger partial charge >= 0.3 is 5.97 Å². The maximum atomic E-state index is 10.6. The first kappa shape index (κ1) is 12.9. The van der Waals surface area contributed by atoms with Crippen LogP contribution in [-0.4, -0.2) is 30.5 Å². The average molecular weight is 263 g/mol. The Kier molecular flexibility index (Phi) is 3.70. The van der Waals surface area contributed by atoms with Crippen molar-refractivity contribution in [3.8, 4) is 22.8 Å². The van der Waals surface area contributed by atoms with Crippen molar-refractivity contribution < 1.29 is 23.9 Å². The molecule has 0 saturated carbocycles. The fourth-order valence-electron chi connectivity index (χ4n) is 1.68. The van der Waals surface area contributed by atoms with E-state index in [1.807, 2.05) is 0 Å². The normalized spacial score (nSPS) is 10.2. The van der Waals surface area contributed by atoms with E-state index < -0.39 is 5.97 Å². The number of benzene rings is 1. The van der Waals surface area contributed by atoms with Crippen LogP contribution in [0.4, 0.5) is 0 Å². The number of carboxylic acid groups (broad SMARTS) is 1. The number of carboxylic acids is 1. The van der Waals surface area contributed by atoms with Crippen LogP contribution >= 0.6 is 0 Å². The van der Waals surface area contributed by atoms with Gasteiger partial charge in [0.25, 0.3) is 0 Å². The largest absolute Gasteiger partial charge is 0.497 e. The molecule has 100 valence electrons. The van der Waals surface area contributed by atoms with Crippen molar-refractivity contribution in [3.63, 3.8) is 0 Å². The van der Waals surface area contributed by atoms with Crippen LogP contribution in [0.25, 0.3) is 11.3 Å². The Morgan fingerprint density at radius 2 is 2.11 bits per heavy atom. The first-order chi connectivity index (χ1) is 9.13. The lowest BCUT2D eigenvalue weighted by Crippen LogP contribution is -1.99. The smallest absolute Gasteiger partial charge is 0.309 e. The van der Waals surface area contributed by atoms with Crippen LogP contribution in [0, 0.1) is 0 Å². The Labute approximate surface area is 109 Å². The molecule has 6 heteroatoms. The summed E-state index contributed by atoms with van der Waals surface area (Å²) < 4.78 is 15.5. The van der Waals surface area contributed by atoms with Crippen molar-refractivity contribution in [1.29, 1.82) is 0 Å². The van der Waals surface area contributed by atoms with Crippen LogP contribution in [0.3, 0.4) is 0 Å². The average Bonchev–Trinajstić information content (AvgIpc) is 2.85. The van der Waals surface area contributed by atoms with E-state index in [0.29, 0.717) is 28.5 Å². The summed E-state index contributed by atoms with van der Waals surface area (Å²) in [6.45, 7) is 0. The highest BCUT2D eigenvalue weighted by Gasteiger charge is 2.14. The number of hydrogen-bond acceptors (Lipinski definition) is 5. The molecule has 0 amide bonds. The summed E-state index contributed by atoms with van der Waals surface area (Å²) in [6, 6.07) is 6.83. The van der Waals surface area contributed by atoms with Crippen LogP contribution in [0.2, 0.25) is 0 Å². The quantitative estimate of drug-likeness (QED) is 0.888. The van der Waals surface area contributed by atoms with E-state index in [4.69, 9.17) is 19.1 Å². The number of rotatable bonds is 5. The molecule has 1 aromatic heterocycles. The van der Waals surface area contributed by atoms with Gasteiger partial charge in [0.2, 0.25) is 0 Å². The Morgan fingerprint density at radius 1 is 1.32 bits per heavy atom. The fourth-order valence-corrected chi connectivity index (χ4v) is 1.68. The lowest BCUT2D eigenvalue weighted by molar-refractivity contribution is -0.136. The van der Waals surface area contributed by atoms with E-state index >= 15 is 0 Å². The van der Waals surface area contributed by atoms with Gasteiger partial charge in [-0.15, -0.1) is 0 Å². The Bertz CT molecular complexity index is 590. The lowest BCUT2D eigenvalue weighted by Gasteiger charge is -2.07. The Morgan fingerprint density at radius 3 is 2.74 bits per heavy atom. The zero-order chi connectivity index (χ0) is 13.8. The number of aromatic nitrogens is 1. The van der Waals surface area contributed by atoms with Crippen molar-refractivity contribution in [2.45, 2.75) is 6.42 Å². The second-order valence-corrected chi connectivity index (χ2v) is 3.82. The third kappa shape index (κ3) is 2.85. The Balaban J connectivity index is 2.35. The first-order valence-electron chi connectivity index (χ1n) is 5.54. The van der Waals surface area contributed by atoms with E-state index in [1.165, 1.54) is 7.11 Å². The van der Waals surface area contributed by atoms with Crippen LogP contribution in [0.15, 0.2) is 28.8 Å². The van der Waals surface area contributed by atoms with Crippen molar-refractivity contribution in [3.05, 3.63) is 30.0 Å². The third-order valence-corrected chi connectivity index (χ3v) is 2.57. The summed E-state index contributed by atoms with van der Waals surface area (Å²) in [5.74, 6) is 0.723. The minimum atomic E-state index is -0.957. The molecule has 0 radical (unpaired) electrons. The maximum absolute atomic E-state index is 10.6. The molecular weight excluding hydrogens is 250 g/mol. The van der Waals surface area contributed by atoms with Crippen molar-refractivity contribution in [1.82, 2.24) is 5.16 Å². The minimum absolute atomic E-state index is 0.179. The first-order valence-corrected chi connectivity index (χ1v) is 5.54. The van der Waals surface area contributed by atoms with E-state index in [9.17, 15) is 4.79 Å². The van der Waals surface area contributed by atoms with Crippen LogP contribution < -0.4 is 9.47 Å². The standard InChI is InChI=1S/C13H13NO5/c1-17-9-3-4-10(11(7-9)18-2)12-5-8(14-19-12)6-13(15)16/h3-5,7H,6H2,1-2H3,(H,15,16). The maximum Gasteiger partial charge on any atom is 0.309 e. The van der Waals surface area contributed by atoms with Gasteiger partial charge in [0.05, 0.1) is 31.9 Å². The summed E-state index contributed by atoms with van der Waals surface area (Å²) >= 11 is 0. The van der Waals surface area contributed by atoms with E-state index in [-0.39, 0.29) is 6.42 Å². The second kappa shape index (κ2) is 5.43. The molecular formula is C13H13NO5. The molecule has 0 saturated heterocycles. The molecule has 2 rings (SSSR count). The zero-order valence-corrected chi connectivity index (χ0v) is 10.5. The number of hydrogen-bond donors (Lipinski definition) is 1. The number of aliphatic carboxylic acids is 1. The molecule has 1 N–H and O–H groups in total. The fraction of sp³-hybridized carbons (Fsp3) is 0.231. The zero-order valence-electron chi connectivity index (χ0n) is 10.5. The van der Waals surface area contributed by atoms with Crippen molar-refractivity contribution in [2.75, 3.05) is 14.2 Å². The number of ether oxygens (including phenoxy) is 2. The van der Waals surface area contributed by atoms with Gasteiger partial charge in [-0.3, -0.25) is 4.79 Å². The van der Waals surface area contributed by atoms with Gasteiger partial charge in [0.15, 0.2) is 5.76 Å². The topological polar surface area (TPSA) is 81.8 Å². The Hall–Kier alpha value is -2.50. The van der Waals surface area contributed by atoms with E-state index in [1.54, 1.807) is 31.4 Å². The molecule has 1 aromatic carbocycles. The number of methoxy groups -OCH3 is 2. The van der Waals surface area contributed by atoms with Gasteiger partial charge in [0, 0.05) is 12.1 Å². The highest BCUT2D eigenvalue weighted by Crippen LogP contribution is 2.33. The van der Waals surface area contributed by atoms with Crippen LogP contribution in [0.5, 0.6) is 11.5 Å². The molecule has 0 aliphatic heterocycles. The minimum Gasteiger partial charge on any atom is -0.497 e. The highest BCUT2D eigenvalue weighted by atomic mass is 16.5. The predicted molar refractivity (Wildman–Crippen MR) is 66.4 cm³/mol. The molecule has 19 heavy (non-hydrogen) atoms. The van der Waals surface area contributed by atoms with E-state index in [2.05, 4.69) is 5.16 Å². The summed E-state index contributed by atoms with van der Waals surface area (Å²) in [7, 11) is 3.10. The summed E-state index contributed by atoms with van der Waals surface area (Å²) in [6.07, 6.45) is -0.179. The molecule has 0 atom stereocenters. The van der Waals surface area contributed by atoms with Gasteiger partial charge < -0.3 is 19.1 Å². The molecule has 6 nitrogen and oxygen atoms in total. The van der Waals surface area contributed by atoms with E-state index in [0.717, 1.165) is 0 Å². The molecule has 2 aromatic rings. The van der Waals surface area contributed by atoms with Gasteiger partial charge in [-0.2, -0.15) is 0 Å². The number of carbonyl (C=O) groups is 1. The highest BCUT2D eigenvalue weighted by molar-refractivity contribution is 5.71. The monoisotopic (exact) mass is 263 g/mol. The molecule has 0 spiro atoms. The third-order valence-electron chi connectivity index (χ3n) is 2.57. The SMILES string of the molecule is COc1ccc(-c2cc(CC(=O)O)no2)c(OC)c1. The summed E-state index contributed by atoms with van der Waals surface area (Å²) in [5.41, 5.74) is 1.05. The van der Waals surface area contributed by atoms with Crippen LogP contribution in [0.1, 0.15) is 5.69 Å². The summed E-state index contributed by atoms with van der Waals surface area (Å²) in [4.78, 5) is 10.6. The van der Waals surface area contributed by atoms with Crippen LogP contribution in [-0.2, 0) is 11.2 Å². The van der Waals surface area contributed by atoms with Gasteiger partial charge in [-0.05, 0) is 12.1 Å². The van der Waals surface area contributed by atoms with Crippen molar-refractivity contribution >= 4 is 5.97 Å². The van der Waals surface area contributed by atoms with Gasteiger partial charge in [0.1, 0.15) is 11.5 Å². The summed E-state index contributed by atoms with van der Waals surface area (Å²) in [5, 5.41) is 12.4.